The van der Waals surface area contributed by atoms with Crippen LogP contribution in [0.2, 0.25) is 0 Å². The van der Waals surface area contributed by atoms with Crippen LogP contribution < -0.4 is 10.6 Å². The summed E-state index contributed by atoms with van der Waals surface area (Å²) in [5.74, 6) is 2.53. The van der Waals surface area contributed by atoms with Crippen LogP contribution in [-0.2, 0) is 0 Å². The highest BCUT2D eigenvalue weighted by Crippen LogP contribution is 2.43. The van der Waals surface area contributed by atoms with Gasteiger partial charge in [-0.15, -0.1) is 23.5 Å². The predicted octanol–water partition coefficient (Wildman–Crippen LogP) is 3.04. The summed E-state index contributed by atoms with van der Waals surface area (Å²) in [7, 11) is 0. The van der Waals surface area contributed by atoms with Gasteiger partial charge in [0.2, 0.25) is 0 Å². The van der Waals surface area contributed by atoms with Gasteiger partial charge in [-0.2, -0.15) is 0 Å². The number of rotatable bonds is 3. The van der Waals surface area contributed by atoms with Crippen molar-refractivity contribution >= 4 is 29.4 Å². The minimum absolute atomic E-state index is 0.0476. The third-order valence-corrected chi connectivity index (χ3v) is 6.97. The number of hydrogen-bond acceptors (Lipinski definition) is 4. The molecule has 2 atom stereocenters. The summed E-state index contributed by atoms with van der Waals surface area (Å²) < 4.78 is 0.538. The first-order valence-corrected chi connectivity index (χ1v) is 9.69. The van der Waals surface area contributed by atoms with E-state index in [0.29, 0.717) is 10.6 Å². The van der Waals surface area contributed by atoms with Gasteiger partial charge in [0.15, 0.2) is 0 Å². The second-order valence-corrected chi connectivity index (χ2v) is 8.49. The lowest BCUT2D eigenvalue weighted by atomic mass is 10.1. The molecule has 1 aromatic rings. The average molecular weight is 322 g/mol. The Kier molecular flexibility index (Phi) is 5.14. The molecule has 2 heterocycles. The van der Waals surface area contributed by atoms with Crippen molar-refractivity contribution in [3.8, 4) is 0 Å². The van der Waals surface area contributed by atoms with Crippen LogP contribution in [0.25, 0.3) is 0 Å². The molecular weight excluding hydrogens is 300 g/mol. The van der Waals surface area contributed by atoms with E-state index >= 15 is 0 Å². The molecule has 0 spiro atoms. The SMILES string of the molecule is CC1CC(NC(=O)c2ccc(C3SCCCS3)cc2)CN1. The fourth-order valence-corrected chi connectivity index (χ4v) is 5.68. The van der Waals surface area contributed by atoms with E-state index in [1.807, 2.05) is 35.7 Å². The largest absolute Gasteiger partial charge is 0.348 e. The Hall–Kier alpha value is -0.650. The zero-order chi connectivity index (χ0) is 14.7. The molecule has 2 N–H and O–H groups in total. The maximum absolute atomic E-state index is 12.2. The van der Waals surface area contributed by atoms with Crippen LogP contribution in [0.15, 0.2) is 24.3 Å². The van der Waals surface area contributed by atoms with E-state index in [4.69, 9.17) is 0 Å². The van der Waals surface area contributed by atoms with Gasteiger partial charge >= 0.3 is 0 Å². The van der Waals surface area contributed by atoms with Crippen molar-refractivity contribution in [2.45, 2.75) is 36.4 Å². The summed E-state index contributed by atoms with van der Waals surface area (Å²) in [6.45, 7) is 3.03. The Balaban J connectivity index is 1.59. The fourth-order valence-electron chi connectivity index (χ4n) is 2.79. The van der Waals surface area contributed by atoms with E-state index in [0.717, 1.165) is 18.5 Å². The highest BCUT2D eigenvalue weighted by Gasteiger charge is 2.22. The molecule has 21 heavy (non-hydrogen) atoms. The third-order valence-electron chi connectivity index (χ3n) is 3.96. The summed E-state index contributed by atoms with van der Waals surface area (Å²) in [5, 5.41) is 6.47. The van der Waals surface area contributed by atoms with Gasteiger partial charge in [-0.3, -0.25) is 4.79 Å². The molecule has 1 aromatic carbocycles. The molecule has 0 saturated carbocycles. The van der Waals surface area contributed by atoms with Gasteiger partial charge in [-0.05, 0) is 49.0 Å². The van der Waals surface area contributed by atoms with E-state index in [1.165, 1.54) is 23.5 Å². The van der Waals surface area contributed by atoms with Crippen LogP contribution in [0.3, 0.4) is 0 Å². The van der Waals surface area contributed by atoms with Crippen molar-refractivity contribution in [3.05, 3.63) is 35.4 Å². The van der Waals surface area contributed by atoms with E-state index in [9.17, 15) is 4.79 Å². The van der Waals surface area contributed by atoms with Crippen molar-refractivity contribution in [2.24, 2.45) is 0 Å². The van der Waals surface area contributed by atoms with Crippen LogP contribution in [0.1, 0.15) is 40.3 Å². The number of hydrogen-bond donors (Lipinski definition) is 2. The minimum Gasteiger partial charge on any atom is -0.348 e. The first-order valence-electron chi connectivity index (χ1n) is 7.60. The molecule has 3 rings (SSSR count). The lowest BCUT2D eigenvalue weighted by Gasteiger charge is -2.21. The van der Waals surface area contributed by atoms with E-state index < -0.39 is 0 Å². The van der Waals surface area contributed by atoms with Crippen LogP contribution in [0, 0.1) is 0 Å². The smallest absolute Gasteiger partial charge is 0.251 e. The Morgan fingerprint density at radius 3 is 2.57 bits per heavy atom. The number of benzene rings is 1. The Bertz CT molecular complexity index is 486. The van der Waals surface area contributed by atoms with E-state index in [2.05, 4.69) is 29.7 Å². The van der Waals surface area contributed by atoms with Crippen LogP contribution in [0.4, 0.5) is 0 Å². The first kappa shape index (κ1) is 15.3. The molecule has 3 nitrogen and oxygen atoms in total. The van der Waals surface area contributed by atoms with E-state index in [-0.39, 0.29) is 11.9 Å². The molecule has 1 amide bonds. The summed E-state index contributed by atoms with van der Waals surface area (Å²) >= 11 is 4.02. The van der Waals surface area contributed by atoms with Crippen molar-refractivity contribution in [2.75, 3.05) is 18.1 Å². The molecule has 0 aliphatic carbocycles. The van der Waals surface area contributed by atoms with E-state index in [1.54, 1.807) is 0 Å². The monoisotopic (exact) mass is 322 g/mol. The van der Waals surface area contributed by atoms with Crippen molar-refractivity contribution in [3.63, 3.8) is 0 Å². The zero-order valence-corrected chi connectivity index (χ0v) is 13.9. The molecule has 0 radical (unpaired) electrons. The van der Waals surface area contributed by atoms with Gasteiger partial charge in [-0.25, -0.2) is 0 Å². The Morgan fingerprint density at radius 2 is 1.95 bits per heavy atom. The molecule has 2 saturated heterocycles. The van der Waals surface area contributed by atoms with Gasteiger partial charge in [0.1, 0.15) is 0 Å². The van der Waals surface area contributed by atoms with Gasteiger partial charge < -0.3 is 10.6 Å². The van der Waals surface area contributed by atoms with Gasteiger partial charge in [0.05, 0.1) is 4.58 Å². The first-order chi connectivity index (χ1) is 10.2. The molecule has 0 aromatic heterocycles. The van der Waals surface area contributed by atoms with Crippen molar-refractivity contribution in [1.82, 2.24) is 10.6 Å². The molecule has 2 aliphatic heterocycles. The molecule has 114 valence electrons. The Labute approximate surface area is 135 Å². The quantitative estimate of drug-likeness (QED) is 0.897. The minimum atomic E-state index is 0.0476. The number of amides is 1. The molecule has 5 heteroatoms. The topological polar surface area (TPSA) is 41.1 Å². The molecule has 0 bridgehead atoms. The maximum atomic E-state index is 12.2. The Morgan fingerprint density at radius 1 is 1.24 bits per heavy atom. The van der Waals surface area contributed by atoms with Gasteiger partial charge in [0, 0.05) is 24.2 Å². The molecule has 2 aliphatic rings. The number of thioether (sulfide) groups is 2. The van der Waals surface area contributed by atoms with Crippen molar-refractivity contribution in [1.29, 1.82) is 0 Å². The van der Waals surface area contributed by atoms with Gasteiger partial charge in [0.25, 0.3) is 5.91 Å². The standard InChI is InChI=1S/C16H22N2OS2/c1-11-9-14(10-17-11)18-15(19)12-3-5-13(6-4-12)16-20-7-2-8-21-16/h3-6,11,14,16-17H,2,7-10H2,1H3,(H,18,19). The summed E-state index contributed by atoms with van der Waals surface area (Å²) in [4.78, 5) is 12.2. The van der Waals surface area contributed by atoms with Crippen molar-refractivity contribution < 1.29 is 4.79 Å². The van der Waals surface area contributed by atoms with Crippen LogP contribution >= 0.6 is 23.5 Å². The number of carbonyl (C=O) groups is 1. The fraction of sp³-hybridized carbons (Fsp3) is 0.562. The van der Waals surface area contributed by atoms with Gasteiger partial charge in [-0.1, -0.05) is 12.1 Å². The summed E-state index contributed by atoms with van der Waals surface area (Å²) in [5.41, 5.74) is 2.10. The average Bonchev–Trinajstić information content (AvgIpc) is 2.93. The lowest BCUT2D eigenvalue weighted by molar-refractivity contribution is 0.0940. The summed E-state index contributed by atoms with van der Waals surface area (Å²) in [6.07, 6.45) is 2.32. The predicted molar refractivity (Wildman–Crippen MR) is 92.1 cm³/mol. The van der Waals surface area contributed by atoms with Crippen LogP contribution in [-0.4, -0.2) is 36.0 Å². The maximum Gasteiger partial charge on any atom is 0.251 e. The second kappa shape index (κ2) is 7.07. The summed E-state index contributed by atoms with van der Waals surface area (Å²) in [6, 6.07) is 8.91. The van der Waals surface area contributed by atoms with Crippen LogP contribution in [0.5, 0.6) is 0 Å². The molecule has 2 unspecified atom stereocenters. The number of nitrogens with one attached hydrogen (secondary N) is 2. The highest BCUT2D eigenvalue weighted by atomic mass is 32.2. The normalized spacial score (nSPS) is 26.7. The number of carbonyl (C=O) groups excluding carboxylic acids is 1. The second-order valence-electron chi connectivity index (χ2n) is 5.76. The molecular formula is C16H22N2OS2. The highest BCUT2D eigenvalue weighted by molar-refractivity contribution is 8.16. The lowest BCUT2D eigenvalue weighted by Crippen LogP contribution is -2.36. The zero-order valence-electron chi connectivity index (χ0n) is 12.3. The molecule has 2 fully saturated rings. The third kappa shape index (κ3) is 3.96.